The van der Waals surface area contributed by atoms with E-state index in [1.807, 2.05) is 35.1 Å². The Morgan fingerprint density at radius 2 is 2.29 bits per heavy atom. The number of likely N-dealkylation sites (tertiary alicyclic amines) is 1. The minimum absolute atomic E-state index is 0.0661. The first-order chi connectivity index (χ1) is 11.6. The number of amides is 1. The fraction of sp³-hybridized carbons (Fsp3) is 0.529. The summed E-state index contributed by atoms with van der Waals surface area (Å²) in [6.07, 6.45) is 12.2. The van der Waals surface area contributed by atoms with E-state index in [1.165, 1.54) is 0 Å². The third kappa shape index (κ3) is 4.10. The first-order valence-corrected chi connectivity index (χ1v) is 8.48. The Morgan fingerprint density at radius 3 is 3.00 bits per heavy atom. The zero-order chi connectivity index (χ0) is 16.9. The smallest absolute Gasteiger partial charge is 0.246 e. The molecule has 0 unspecified atom stereocenters. The molecule has 1 saturated heterocycles. The van der Waals surface area contributed by atoms with Crippen molar-refractivity contribution in [3.05, 3.63) is 35.9 Å². The van der Waals surface area contributed by atoms with Crippen LogP contribution < -0.4 is 0 Å². The molecule has 3 rings (SSSR count). The lowest BCUT2D eigenvalue weighted by molar-refractivity contribution is -0.127. The minimum Gasteiger partial charge on any atom is -0.339 e. The Hall–Kier alpha value is -2.44. The van der Waals surface area contributed by atoms with Crippen LogP contribution in [-0.4, -0.2) is 48.7 Å². The lowest BCUT2D eigenvalue weighted by atomic mass is 9.98. The highest BCUT2D eigenvalue weighted by Crippen LogP contribution is 2.18. The molecule has 1 fully saturated rings. The van der Waals surface area contributed by atoms with Crippen molar-refractivity contribution in [2.24, 2.45) is 13.0 Å². The lowest BCUT2D eigenvalue weighted by Crippen LogP contribution is -2.40. The molecule has 0 N–H and O–H groups in total. The number of hydrogen-bond acceptors (Lipinski definition) is 4. The van der Waals surface area contributed by atoms with E-state index in [0.29, 0.717) is 5.92 Å². The zero-order valence-electron chi connectivity index (χ0n) is 14.3. The predicted octanol–water partition coefficient (Wildman–Crippen LogP) is 1.53. The predicted molar refractivity (Wildman–Crippen MR) is 90.9 cm³/mol. The molecule has 0 aliphatic carbocycles. The number of piperidine rings is 1. The van der Waals surface area contributed by atoms with Gasteiger partial charge in [-0.3, -0.25) is 14.2 Å². The molecule has 2 aromatic rings. The van der Waals surface area contributed by atoms with Crippen LogP contribution in [0, 0.1) is 5.92 Å². The van der Waals surface area contributed by atoms with E-state index < -0.39 is 0 Å². The van der Waals surface area contributed by atoms with Crippen molar-refractivity contribution in [2.45, 2.75) is 32.7 Å². The normalized spacial score (nSPS) is 18.4. The second kappa shape index (κ2) is 7.42. The topological polar surface area (TPSA) is 68.8 Å². The molecule has 0 aromatic carbocycles. The standard InChI is InChI=1S/C17H24N6O/c1-3-16-13-23(20-19-16)12-15-5-4-8-22(11-15)17(24)7-6-14-9-18-21(2)10-14/h6-7,9-10,13,15H,3-5,8,11-12H2,1-2H3/b7-6+/t15-/m1/s1. The van der Waals surface area contributed by atoms with Gasteiger partial charge in [0.2, 0.25) is 5.91 Å². The largest absolute Gasteiger partial charge is 0.339 e. The Kier molecular flexibility index (Phi) is 5.08. The van der Waals surface area contributed by atoms with Gasteiger partial charge in [0.1, 0.15) is 0 Å². The van der Waals surface area contributed by atoms with Crippen LogP contribution in [0.3, 0.4) is 0 Å². The summed E-state index contributed by atoms with van der Waals surface area (Å²) in [5.41, 5.74) is 1.95. The van der Waals surface area contributed by atoms with Crippen LogP contribution in [-0.2, 0) is 24.8 Å². The van der Waals surface area contributed by atoms with Crippen LogP contribution in [0.2, 0.25) is 0 Å². The first-order valence-electron chi connectivity index (χ1n) is 8.48. The van der Waals surface area contributed by atoms with E-state index in [-0.39, 0.29) is 5.91 Å². The number of aromatic nitrogens is 5. The number of carbonyl (C=O) groups excluding carboxylic acids is 1. The van der Waals surface area contributed by atoms with Gasteiger partial charge in [-0.05, 0) is 31.3 Å². The average molecular weight is 328 g/mol. The molecular weight excluding hydrogens is 304 g/mol. The highest BCUT2D eigenvalue weighted by atomic mass is 16.2. The number of aryl methyl sites for hydroxylation is 2. The summed E-state index contributed by atoms with van der Waals surface area (Å²) < 4.78 is 3.63. The van der Waals surface area contributed by atoms with E-state index in [1.54, 1.807) is 17.0 Å². The van der Waals surface area contributed by atoms with Crippen LogP contribution in [0.1, 0.15) is 31.0 Å². The van der Waals surface area contributed by atoms with E-state index in [4.69, 9.17) is 0 Å². The van der Waals surface area contributed by atoms with Crippen LogP contribution in [0.4, 0.5) is 0 Å². The van der Waals surface area contributed by atoms with Gasteiger partial charge >= 0.3 is 0 Å². The van der Waals surface area contributed by atoms with Gasteiger partial charge in [0.05, 0.1) is 11.9 Å². The quantitative estimate of drug-likeness (QED) is 0.781. The Morgan fingerprint density at radius 1 is 1.42 bits per heavy atom. The van der Waals surface area contributed by atoms with Gasteiger partial charge in [-0.15, -0.1) is 5.10 Å². The maximum atomic E-state index is 12.4. The first kappa shape index (κ1) is 16.4. The summed E-state index contributed by atoms with van der Waals surface area (Å²) in [5, 5.41) is 12.4. The Labute approximate surface area is 141 Å². The number of carbonyl (C=O) groups is 1. The molecular formula is C17H24N6O. The van der Waals surface area contributed by atoms with Crippen molar-refractivity contribution in [3.63, 3.8) is 0 Å². The third-order valence-electron chi connectivity index (χ3n) is 4.37. The average Bonchev–Trinajstić information content (AvgIpc) is 3.21. The van der Waals surface area contributed by atoms with Crippen molar-refractivity contribution >= 4 is 12.0 Å². The fourth-order valence-electron chi connectivity index (χ4n) is 3.07. The molecule has 128 valence electrons. The molecule has 0 saturated carbocycles. The summed E-state index contributed by atoms with van der Waals surface area (Å²) >= 11 is 0. The van der Waals surface area contributed by atoms with Crippen LogP contribution in [0.5, 0.6) is 0 Å². The van der Waals surface area contributed by atoms with Gasteiger partial charge in [0.15, 0.2) is 0 Å². The van der Waals surface area contributed by atoms with Gasteiger partial charge in [0.25, 0.3) is 0 Å². The van der Waals surface area contributed by atoms with Crippen LogP contribution >= 0.6 is 0 Å². The molecule has 0 spiro atoms. The highest BCUT2D eigenvalue weighted by Gasteiger charge is 2.23. The summed E-state index contributed by atoms with van der Waals surface area (Å²) in [7, 11) is 1.86. The number of rotatable bonds is 5. The molecule has 7 heteroatoms. The van der Waals surface area contributed by atoms with Crippen LogP contribution in [0.15, 0.2) is 24.7 Å². The van der Waals surface area contributed by atoms with Gasteiger partial charge in [-0.25, -0.2) is 0 Å². The summed E-state index contributed by atoms with van der Waals surface area (Å²) in [4.78, 5) is 14.3. The Balaban J connectivity index is 1.56. The molecule has 1 aliphatic rings. The van der Waals surface area contributed by atoms with E-state index in [9.17, 15) is 4.79 Å². The van der Waals surface area contributed by atoms with Crippen molar-refractivity contribution < 1.29 is 4.79 Å². The van der Waals surface area contributed by atoms with Gasteiger partial charge < -0.3 is 4.90 Å². The monoisotopic (exact) mass is 328 g/mol. The van der Waals surface area contributed by atoms with Gasteiger partial charge in [0, 0.05) is 50.7 Å². The van der Waals surface area contributed by atoms with Crippen molar-refractivity contribution in [1.29, 1.82) is 0 Å². The summed E-state index contributed by atoms with van der Waals surface area (Å²) in [6.45, 7) is 4.49. The second-order valence-corrected chi connectivity index (χ2v) is 6.36. The molecule has 3 heterocycles. The second-order valence-electron chi connectivity index (χ2n) is 6.36. The molecule has 7 nitrogen and oxygen atoms in total. The molecule has 1 amide bonds. The molecule has 1 atom stereocenters. The minimum atomic E-state index is 0.0661. The fourth-order valence-corrected chi connectivity index (χ4v) is 3.07. The van der Waals surface area contributed by atoms with Crippen molar-refractivity contribution in [3.8, 4) is 0 Å². The highest BCUT2D eigenvalue weighted by molar-refractivity contribution is 5.91. The zero-order valence-corrected chi connectivity index (χ0v) is 14.3. The Bertz CT molecular complexity index is 716. The maximum Gasteiger partial charge on any atom is 0.246 e. The molecule has 2 aromatic heterocycles. The molecule has 1 aliphatic heterocycles. The van der Waals surface area contributed by atoms with Crippen LogP contribution in [0.25, 0.3) is 6.08 Å². The van der Waals surface area contributed by atoms with Gasteiger partial charge in [-0.1, -0.05) is 12.1 Å². The van der Waals surface area contributed by atoms with Gasteiger partial charge in [-0.2, -0.15) is 5.10 Å². The van der Waals surface area contributed by atoms with E-state index in [2.05, 4.69) is 22.3 Å². The molecule has 0 bridgehead atoms. The SMILES string of the molecule is CCc1cn(C[C@@H]2CCCN(C(=O)/C=C/c3cnn(C)c3)C2)nn1. The lowest BCUT2D eigenvalue weighted by Gasteiger charge is -2.32. The third-order valence-corrected chi connectivity index (χ3v) is 4.37. The molecule has 0 radical (unpaired) electrons. The van der Waals surface area contributed by atoms with E-state index >= 15 is 0 Å². The summed E-state index contributed by atoms with van der Waals surface area (Å²) in [6, 6.07) is 0. The number of hydrogen-bond donors (Lipinski definition) is 0. The van der Waals surface area contributed by atoms with Crippen molar-refractivity contribution in [1.82, 2.24) is 29.7 Å². The van der Waals surface area contributed by atoms with E-state index in [0.717, 1.165) is 50.2 Å². The molecule has 24 heavy (non-hydrogen) atoms. The van der Waals surface area contributed by atoms with Crippen molar-refractivity contribution in [2.75, 3.05) is 13.1 Å². The summed E-state index contributed by atoms with van der Waals surface area (Å²) in [5.74, 6) is 0.497. The number of nitrogens with zero attached hydrogens (tertiary/aromatic N) is 6. The maximum absolute atomic E-state index is 12.4.